The zero-order valence-electron chi connectivity index (χ0n) is 9.38. The van der Waals surface area contributed by atoms with Gasteiger partial charge >= 0.3 is 6.18 Å². The fourth-order valence-electron chi connectivity index (χ4n) is 1.39. The minimum absolute atomic E-state index is 0.334. The van der Waals surface area contributed by atoms with Crippen LogP contribution in [0.25, 0.3) is 0 Å². The molecule has 0 aliphatic heterocycles. The maximum Gasteiger partial charge on any atom is 0.405 e. The molecular formula is C12H13F3N2. The van der Waals surface area contributed by atoms with Gasteiger partial charge in [-0.05, 0) is 18.1 Å². The maximum atomic E-state index is 12.3. The third-order valence-corrected chi connectivity index (χ3v) is 2.48. The third kappa shape index (κ3) is 4.08. The topological polar surface area (TPSA) is 35.8 Å². The molecule has 0 aromatic heterocycles. The minimum atomic E-state index is -4.46. The zero-order valence-corrected chi connectivity index (χ0v) is 9.38. The smallest absolute Gasteiger partial charge is 0.311 e. The van der Waals surface area contributed by atoms with E-state index in [4.69, 9.17) is 5.26 Å². The van der Waals surface area contributed by atoms with E-state index in [1.165, 1.54) is 6.07 Å². The third-order valence-electron chi connectivity index (χ3n) is 2.48. The summed E-state index contributed by atoms with van der Waals surface area (Å²) in [6, 6.07) is 8.69. The molecule has 1 N–H and O–H groups in total. The Kier molecular flexibility index (Phi) is 4.53. The molecule has 0 spiro atoms. The summed E-state index contributed by atoms with van der Waals surface area (Å²) in [5.41, 5.74) is 1.95. The lowest BCUT2D eigenvalue weighted by molar-refractivity contribution is -0.157. The van der Waals surface area contributed by atoms with Crippen LogP contribution in [0.1, 0.15) is 11.1 Å². The van der Waals surface area contributed by atoms with Gasteiger partial charge in [-0.15, -0.1) is 0 Å². The van der Waals surface area contributed by atoms with Crippen LogP contribution in [0.2, 0.25) is 0 Å². The summed E-state index contributed by atoms with van der Waals surface area (Å²) in [7, 11) is 0. The number of rotatable bonds is 4. The Labute approximate surface area is 98.1 Å². The van der Waals surface area contributed by atoms with Crippen LogP contribution in [-0.2, 0) is 6.54 Å². The highest BCUT2D eigenvalue weighted by molar-refractivity contribution is 5.25. The van der Waals surface area contributed by atoms with Crippen molar-refractivity contribution in [2.45, 2.75) is 19.6 Å². The van der Waals surface area contributed by atoms with Gasteiger partial charge in [0.25, 0.3) is 0 Å². The quantitative estimate of drug-likeness (QED) is 0.881. The van der Waals surface area contributed by atoms with Gasteiger partial charge in [0.1, 0.15) is 0 Å². The molecule has 2 nitrogen and oxygen atoms in total. The van der Waals surface area contributed by atoms with Gasteiger partial charge in [-0.25, -0.2) is 0 Å². The van der Waals surface area contributed by atoms with E-state index in [9.17, 15) is 13.2 Å². The van der Waals surface area contributed by atoms with Crippen LogP contribution in [0, 0.1) is 24.2 Å². The van der Waals surface area contributed by atoms with Gasteiger partial charge in [-0.2, -0.15) is 18.4 Å². The summed E-state index contributed by atoms with van der Waals surface area (Å²) in [5, 5.41) is 11.1. The Hall–Kier alpha value is -1.54. The number of halogens is 3. The van der Waals surface area contributed by atoms with Gasteiger partial charge in [0.15, 0.2) is 5.92 Å². The number of nitriles is 1. The standard InChI is InChI=1S/C12H13F3N2/c1-9-4-2-3-5-10(9)7-17-8-11(6-16)12(13,14)15/h2-5,11,17H,7-8H2,1H3. The predicted molar refractivity (Wildman–Crippen MR) is 58.0 cm³/mol. The second-order valence-corrected chi connectivity index (χ2v) is 3.78. The van der Waals surface area contributed by atoms with Crippen molar-refractivity contribution in [3.05, 3.63) is 35.4 Å². The Morgan fingerprint density at radius 1 is 1.35 bits per heavy atom. The predicted octanol–water partition coefficient (Wildman–Crippen LogP) is 2.79. The van der Waals surface area contributed by atoms with Gasteiger partial charge in [-0.1, -0.05) is 24.3 Å². The average molecular weight is 242 g/mol. The first kappa shape index (κ1) is 13.5. The molecule has 92 valence electrons. The molecule has 17 heavy (non-hydrogen) atoms. The van der Waals surface area contributed by atoms with E-state index in [1.54, 1.807) is 0 Å². The lowest BCUT2D eigenvalue weighted by Crippen LogP contribution is -2.32. The van der Waals surface area contributed by atoms with Crippen molar-refractivity contribution in [1.29, 1.82) is 5.26 Å². The van der Waals surface area contributed by atoms with Gasteiger partial charge in [0.05, 0.1) is 6.07 Å². The van der Waals surface area contributed by atoms with E-state index >= 15 is 0 Å². The molecule has 1 aromatic rings. The van der Waals surface area contributed by atoms with E-state index in [0.717, 1.165) is 11.1 Å². The molecule has 0 aliphatic carbocycles. The molecule has 0 amide bonds. The zero-order chi connectivity index (χ0) is 12.9. The van der Waals surface area contributed by atoms with Crippen molar-refractivity contribution >= 4 is 0 Å². The normalized spacial score (nSPS) is 13.1. The molecule has 0 aliphatic rings. The van der Waals surface area contributed by atoms with Crippen molar-refractivity contribution in [1.82, 2.24) is 5.32 Å². The summed E-state index contributed by atoms with van der Waals surface area (Å²) in [6.45, 7) is 1.85. The van der Waals surface area contributed by atoms with Crippen LogP contribution < -0.4 is 5.32 Å². The fraction of sp³-hybridized carbons (Fsp3) is 0.417. The highest BCUT2D eigenvalue weighted by atomic mass is 19.4. The number of alkyl halides is 3. The molecule has 0 saturated carbocycles. The Bertz CT molecular complexity index is 407. The summed E-state index contributed by atoms with van der Waals surface area (Å²) >= 11 is 0. The SMILES string of the molecule is Cc1ccccc1CNCC(C#N)C(F)(F)F. The van der Waals surface area contributed by atoms with E-state index in [0.29, 0.717) is 6.54 Å². The lowest BCUT2D eigenvalue weighted by Gasteiger charge is -2.14. The first-order valence-electron chi connectivity index (χ1n) is 5.16. The van der Waals surface area contributed by atoms with Gasteiger partial charge in [0, 0.05) is 13.1 Å². The summed E-state index contributed by atoms with van der Waals surface area (Å²) in [4.78, 5) is 0. The Balaban J connectivity index is 2.48. The maximum absolute atomic E-state index is 12.3. The van der Waals surface area contributed by atoms with Crippen LogP contribution in [0.15, 0.2) is 24.3 Å². The molecule has 1 atom stereocenters. The number of hydrogen-bond acceptors (Lipinski definition) is 2. The second-order valence-electron chi connectivity index (χ2n) is 3.78. The van der Waals surface area contributed by atoms with E-state index in [2.05, 4.69) is 5.32 Å². The molecular weight excluding hydrogens is 229 g/mol. The highest BCUT2D eigenvalue weighted by Gasteiger charge is 2.39. The van der Waals surface area contributed by atoms with Crippen LogP contribution in [0.4, 0.5) is 13.2 Å². The highest BCUT2D eigenvalue weighted by Crippen LogP contribution is 2.24. The molecule has 1 aromatic carbocycles. The summed E-state index contributed by atoms with van der Waals surface area (Å²) < 4.78 is 36.8. The summed E-state index contributed by atoms with van der Waals surface area (Å²) in [5.74, 6) is -1.95. The molecule has 5 heteroatoms. The molecule has 1 rings (SSSR count). The second kappa shape index (κ2) is 5.69. The average Bonchev–Trinajstić information content (AvgIpc) is 2.25. The van der Waals surface area contributed by atoms with Crippen LogP contribution in [-0.4, -0.2) is 12.7 Å². The number of nitrogens with zero attached hydrogens (tertiary/aromatic N) is 1. The molecule has 0 bridgehead atoms. The lowest BCUT2D eigenvalue weighted by atomic mass is 10.1. The monoisotopic (exact) mass is 242 g/mol. The van der Waals surface area contributed by atoms with Gasteiger partial charge < -0.3 is 5.32 Å². The first-order chi connectivity index (χ1) is 7.95. The summed E-state index contributed by atoms with van der Waals surface area (Å²) in [6.07, 6.45) is -4.46. The largest absolute Gasteiger partial charge is 0.405 e. The van der Waals surface area contributed by atoms with Crippen molar-refractivity contribution < 1.29 is 13.2 Å². The number of hydrogen-bond donors (Lipinski definition) is 1. The number of aryl methyl sites for hydroxylation is 1. The number of nitrogens with one attached hydrogen (secondary N) is 1. The van der Waals surface area contributed by atoms with Crippen LogP contribution >= 0.6 is 0 Å². The van der Waals surface area contributed by atoms with E-state index in [-0.39, 0.29) is 6.54 Å². The van der Waals surface area contributed by atoms with Gasteiger partial charge in [-0.3, -0.25) is 0 Å². The molecule has 0 saturated heterocycles. The van der Waals surface area contributed by atoms with E-state index < -0.39 is 12.1 Å². The van der Waals surface area contributed by atoms with Crippen molar-refractivity contribution in [2.75, 3.05) is 6.54 Å². The molecule has 0 heterocycles. The fourth-order valence-corrected chi connectivity index (χ4v) is 1.39. The minimum Gasteiger partial charge on any atom is -0.311 e. The van der Waals surface area contributed by atoms with Crippen LogP contribution in [0.5, 0.6) is 0 Å². The van der Waals surface area contributed by atoms with Crippen molar-refractivity contribution in [3.63, 3.8) is 0 Å². The van der Waals surface area contributed by atoms with Crippen molar-refractivity contribution in [3.8, 4) is 6.07 Å². The van der Waals surface area contributed by atoms with E-state index in [1.807, 2.05) is 31.2 Å². The first-order valence-corrected chi connectivity index (χ1v) is 5.16. The van der Waals surface area contributed by atoms with Crippen molar-refractivity contribution in [2.24, 2.45) is 5.92 Å². The Morgan fingerprint density at radius 2 is 2.00 bits per heavy atom. The number of benzene rings is 1. The molecule has 1 unspecified atom stereocenters. The molecule has 0 radical (unpaired) electrons. The Morgan fingerprint density at radius 3 is 2.53 bits per heavy atom. The van der Waals surface area contributed by atoms with Crippen LogP contribution in [0.3, 0.4) is 0 Å². The molecule has 0 fully saturated rings. The van der Waals surface area contributed by atoms with Gasteiger partial charge in [0.2, 0.25) is 0 Å².